The summed E-state index contributed by atoms with van der Waals surface area (Å²) in [6, 6.07) is 0. The van der Waals surface area contributed by atoms with Crippen LogP contribution in [0.25, 0.3) is 0 Å². The number of aliphatic carboxylic acids is 1. The van der Waals surface area contributed by atoms with Crippen molar-refractivity contribution in [3.05, 3.63) is 22.0 Å². The Balaban J connectivity index is 3.07. The molecule has 0 aliphatic carbocycles. The zero-order chi connectivity index (χ0) is 10.0. The molecule has 1 aromatic heterocycles. The van der Waals surface area contributed by atoms with Crippen molar-refractivity contribution in [3.8, 4) is 0 Å². The first-order chi connectivity index (χ1) is 6.04. The number of carboxylic acids is 1. The highest BCUT2D eigenvalue weighted by atomic mass is 16.6. The molecule has 2 N–H and O–H groups in total. The van der Waals surface area contributed by atoms with Gasteiger partial charge in [0.1, 0.15) is 17.8 Å². The van der Waals surface area contributed by atoms with Crippen LogP contribution in [-0.4, -0.2) is 26.2 Å². The number of nitro groups is 1. The minimum absolute atomic E-state index is 0.0116. The summed E-state index contributed by atoms with van der Waals surface area (Å²) in [5.74, 6) is -2.09. The van der Waals surface area contributed by atoms with E-state index >= 15 is 0 Å². The van der Waals surface area contributed by atoms with E-state index in [1.165, 1.54) is 6.92 Å². The molecular formula is C6H7N3O4. The van der Waals surface area contributed by atoms with Gasteiger partial charge in [-0.25, -0.2) is 0 Å². The zero-order valence-electron chi connectivity index (χ0n) is 6.72. The first-order valence-electron chi connectivity index (χ1n) is 3.44. The van der Waals surface area contributed by atoms with E-state index in [2.05, 4.69) is 10.2 Å². The Morgan fingerprint density at radius 1 is 1.85 bits per heavy atom. The van der Waals surface area contributed by atoms with Gasteiger partial charge < -0.3 is 5.11 Å². The van der Waals surface area contributed by atoms with Crippen molar-refractivity contribution >= 4 is 11.7 Å². The monoisotopic (exact) mass is 185 g/mol. The molecule has 0 aliphatic heterocycles. The first-order valence-corrected chi connectivity index (χ1v) is 3.44. The van der Waals surface area contributed by atoms with Gasteiger partial charge in [-0.1, -0.05) is 0 Å². The van der Waals surface area contributed by atoms with Crippen LogP contribution in [0.2, 0.25) is 0 Å². The van der Waals surface area contributed by atoms with Crippen molar-refractivity contribution in [2.24, 2.45) is 0 Å². The van der Waals surface area contributed by atoms with Crippen LogP contribution in [0.3, 0.4) is 0 Å². The third kappa shape index (κ3) is 1.63. The molecule has 7 nitrogen and oxygen atoms in total. The predicted molar refractivity (Wildman–Crippen MR) is 41.3 cm³/mol. The number of carboxylic acid groups (broad SMARTS) is 1. The molecule has 7 heteroatoms. The van der Waals surface area contributed by atoms with Gasteiger partial charge in [-0.2, -0.15) is 5.10 Å². The zero-order valence-corrected chi connectivity index (χ0v) is 6.72. The highest BCUT2D eigenvalue weighted by Crippen LogP contribution is 2.23. The molecule has 70 valence electrons. The SMILES string of the molecule is CC(C(=O)O)c1[nH]ncc1[N+](=O)[O-]. The molecule has 1 aromatic rings. The molecule has 1 atom stereocenters. The molecule has 0 amide bonds. The Bertz CT molecular complexity index is 345. The largest absolute Gasteiger partial charge is 0.481 e. The maximum atomic E-state index is 10.5. The topological polar surface area (TPSA) is 109 Å². The van der Waals surface area contributed by atoms with E-state index in [-0.39, 0.29) is 11.4 Å². The summed E-state index contributed by atoms with van der Waals surface area (Å²) in [4.78, 5) is 20.2. The molecule has 0 bridgehead atoms. The van der Waals surface area contributed by atoms with Crippen molar-refractivity contribution in [2.75, 3.05) is 0 Å². The highest BCUT2D eigenvalue weighted by molar-refractivity contribution is 5.76. The molecule has 0 radical (unpaired) electrons. The van der Waals surface area contributed by atoms with E-state index < -0.39 is 16.8 Å². The molecular weight excluding hydrogens is 178 g/mol. The second-order valence-electron chi connectivity index (χ2n) is 2.49. The minimum Gasteiger partial charge on any atom is -0.481 e. The van der Waals surface area contributed by atoms with Gasteiger partial charge >= 0.3 is 11.7 Å². The maximum absolute atomic E-state index is 10.5. The summed E-state index contributed by atoms with van der Waals surface area (Å²) >= 11 is 0. The third-order valence-corrected chi connectivity index (χ3v) is 1.65. The van der Waals surface area contributed by atoms with Crippen molar-refractivity contribution in [1.29, 1.82) is 0 Å². The van der Waals surface area contributed by atoms with Gasteiger partial charge in [-0.3, -0.25) is 20.0 Å². The molecule has 1 heterocycles. The number of rotatable bonds is 3. The van der Waals surface area contributed by atoms with E-state index in [1.54, 1.807) is 0 Å². The molecule has 0 saturated heterocycles. The van der Waals surface area contributed by atoms with Crippen LogP contribution in [0, 0.1) is 10.1 Å². The van der Waals surface area contributed by atoms with Gasteiger partial charge in [0, 0.05) is 0 Å². The van der Waals surface area contributed by atoms with Crippen molar-refractivity contribution < 1.29 is 14.8 Å². The molecule has 0 fully saturated rings. The summed E-state index contributed by atoms with van der Waals surface area (Å²) in [6.07, 6.45) is 0.995. The van der Waals surface area contributed by atoms with Crippen LogP contribution in [0.5, 0.6) is 0 Å². The Morgan fingerprint density at radius 2 is 2.46 bits per heavy atom. The molecule has 0 saturated carbocycles. The van der Waals surface area contributed by atoms with E-state index in [0.29, 0.717) is 0 Å². The number of hydrogen-bond acceptors (Lipinski definition) is 4. The summed E-state index contributed by atoms with van der Waals surface area (Å²) in [6.45, 7) is 1.35. The van der Waals surface area contributed by atoms with Crippen LogP contribution < -0.4 is 0 Å². The lowest BCUT2D eigenvalue weighted by atomic mass is 10.1. The van der Waals surface area contributed by atoms with E-state index in [0.717, 1.165) is 6.20 Å². The van der Waals surface area contributed by atoms with Crippen molar-refractivity contribution in [1.82, 2.24) is 10.2 Å². The van der Waals surface area contributed by atoms with E-state index in [9.17, 15) is 14.9 Å². The fraction of sp³-hybridized carbons (Fsp3) is 0.333. The van der Waals surface area contributed by atoms with Gasteiger partial charge in [-0.15, -0.1) is 0 Å². The smallest absolute Gasteiger partial charge is 0.312 e. The molecule has 1 unspecified atom stereocenters. The van der Waals surface area contributed by atoms with E-state index in [1.807, 2.05) is 0 Å². The third-order valence-electron chi connectivity index (χ3n) is 1.65. The van der Waals surface area contributed by atoms with Crippen LogP contribution in [0.4, 0.5) is 5.69 Å². The van der Waals surface area contributed by atoms with Crippen LogP contribution in [-0.2, 0) is 4.79 Å². The quantitative estimate of drug-likeness (QED) is 0.526. The molecule has 1 rings (SSSR count). The number of aromatic nitrogens is 2. The molecule has 0 aliphatic rings. The average molecular weight is 185 g/mol. The van der Waals surface area contributed by atoms with Crippen molar-refractivity contribution in [2.45, 2.75) is 12.8 Å². The predicted octanol–water partition coefficient (Wildman–Crippen LogP) is 0.506. The lowest BCUT2D eigenvalue weighted by molar-refractivity contribution is -0.385. The number of H-pyrrole nitrogens is 1. The summed E-state index contributed by atoms with van der Waals surface area (Å²) in [7, 11) is 0. The lowest BCUT2D eigenvalue weighted by Crippen LogP contribution is -2.09. The Morgan fingerprint density at radius 3 is 2.92 bits per heavy atom. The van der Waals surface area contributed by atoms with Gasteiger partial charge in [0.2, 0.25) is 0 Å². The molecule has 0 aromatic carbocycles. The lowest BCUT2D eigenvalue weighted by Gasteiger charge is -2.00. The van der Waals surface area contributed by atoms with Crippen molar-refractivity contribution in [3.63, 3.8) is 0 Å². The Kier molecular flexibility index (Phi) is 2.27. The van der Waals surface area contributed by atoms with Gasteiger partial charge in [0.15, 0.2) is 0 Å². The van der Waals surface area contributed by atoms with Gasteiger partial charge in [0.05, 0.1) is 4.92 Å². The number of carbonyl (C=O) groups is 1. The highest BCUT2D eigenvalue weighted by Gasteiger charge is 2.25. The van der Waals surface area contributed by atoms with Gasteiger partial charge in [-0.05, 0) is 6.92 Å². The number of nitrogens with one attached hydrogen (secondary N) is 1. The molecule has 13 heavy (non-hydrogen) atoms. The Hall–Kier alpha value is -1.92. The fourth-order valence-corrected chi connectivity index (χ4v) is 0.877. The second kappa shape index (κ2) is 3.21. The first kappa shape index (κ1) is 9.17. The molecule has 0 spiro atoms. The standard InChI is InChI=1S/C6H7N3O4/c1-3(6(10)11)5-4(9(12)13)2-7-8-5/h2-3H,1H3,(H,7,8)(H,10,11). The maximum Gasteiger partial charge on any atom is 0.312 e. The number of aromatic amines is 1. The minimum atomic E-state index is -1.13. The van der Waals surface area contributed by atoms with E-state index in [4.69, 9.17) is 5.11 Å². The number of hydrogen-bond donors (Lipinski definition) is 2. The van der Waals surface area contributed by atoms with Gasteiger partial charge in [0.25, 0.3) is 0 Å². The summed E-state index contributed by atoms with van der Waals surface area (Å²) in [5, 5.41) is 24.7. The van der Waals surface area contributed by atoms with Crippen LogP contribution >= 0.6 is 0 Å². The fourth-order valence-electron chi connectivity index (χ4n) is 0.877. The van der Waals surface area contributed by atoms with Crippen LogP contribution in [0.1, 0.15) is 18.5 Å². The number of nitrogens with zero attached hydrogens (tertiary/aromatic N) is 2. The Labute approximate surface area is 72.5 Å². The second-order valence-corrected chi connectivity index (χ2v) is 2.49. The average Bonchev–Trinajstić information content (AvgIpc) is 2.50. The summed E-state index contributed by atoms with van der Waals surface area (Å²) in [5.41, 5.74) is -0.285. The summed E-state index contributed by atoms with van der Waals surface area (Å²) < 4.78 is 0. The van der Waals surface area contributed by atoms with Crippen LogP contribution in [0.15, 0.2) is 6.20 Å². The normalized spacial score (nSPS) is 12.4.